The van der Waals surface area contributed by atoms with Gasteiger partial charge in [0.15, 0.2) is 0 Å². The minimum absolute atomic E-state index is 0.139. The summed E-state index contributed by atoms with van der Waals surface area (Å²) < 4.78 is 0. The summed E-state index contributed by atoms with van der Waals surface area (Å²) in [6.45, 7) is 7.72. The summed E-state index contributed by atoms with van der Waals surface area (Å²) in [5.74, 6) is -1.40. The molecule has 1 aliphatic rings. The summed E-state index contributed by atoms with van der Waals surface area (Å²) in [7, 11) is 0. The van der Waals surface area contributed by atoms with E-state index in [0.29, 0.717) is 6.54 Å². The van der Waals surface area contributed by atoms with Gasteiger partial charge in [-0.15, -0.1) is 0 Å². The summed E-state index contributed by atoms with van der Waals surface area (Å²) >= 11 is 0. The number of nitrogens with zero attached hydrogens (tertiary/aromatic N) is 1. The highest BCUT2D eigenvalue weighted by atomic mass is 16.4. The van der Waals surface area contributed by atoms with E-state index in [1.807, 2.05) is 6.92 Å². The monoisotopic (exact) mass is 284 g/mol. The van der Waals surface area contributed by atoms with Gasteiger partial charge in [0, 0.05) is 13.0 Å². The first-order chi connectivity index (χ1) is 9.14. The van der Waals surface area contributed by atoms with E-state index in [4.69, 9.17) is 0 Å². The average molecular weight is 284 g/mol. The Morgan fingerprint density at radius 1 is 1.45 bits per heavy atom. The molecule has 6 heteroatoms. The number of hydrogen-bond donors (Lipinski definition) is 2. The van der Waals surface area contributed by atoms with Gasteiger partial charge in [-0.3, -0.25) is 19.3 Å². The molecule has 0 spiro atoms. The molecule has 6 nitrogen and oxygen atoms in total. The van der Waals surface area contributed by atoms with Crippen molar-refractivity contribution in [2.24, 2.45) is 5.41 Å². The third-order valence-electron chi connectivity index (χ3n) is 3.79. The molecule has 0 aromatic carbocycles. The zero-order valence-corrected chi connectivity index (χ0v) is 12.7. The molecule has 1 fully saturated rings. The van der Waals surface area contributed by atoms with Crippen LogP contribution in [0.5, 0.6) is 0 Å². The predicted molar refractivity (Wildman–Crippen MR) is 74.1 cm³/mol. The highest BCUT2D eigenvalue weighted by molar-refractivity contribution is 6.05. The Morgan fingerprint density at radius 3 is 2.45 bits per heavy atom. The molecule has 0 bridgehead atoms. The smallest absolute Gasteiger partial charge is 0.323 e. The van der Waals surface area contributed by atoms with Crippen molar-refractivity contribution in [1.82, 2.24) is 10.2 Å². The van der Waals surface area contributed by atoms with Crippen LogP contribution in [-0.4, -0.2) is 46.4 Å². The van der Waals surface area contributed by atoms with Crippen LogP contribution in [0.2, 0.25) is 0 Å². The first-order valence-electron chi connectivity index (χ1n) is 6.97. The highest BCUT2D eigenvalue weighted by Crippen LogP contribution is 2.32. The lowest BCUT2D eigenvalue weighted by Gasteiger charge is -2.28. The van der Waals surface area contributed by atoms with E-state index in [9.17, 15) is 19.5 Å². The molecule has 1 atom stereocenters. The minimum atomic E-state index is -1.12. The summed E-state index contributed by atoms with van der Waals surface area (Å²) in [5, 5.41) is 12.3. The number of amides is 2. The molecule has 0 radical (unpaired) electrons. The number of rotatable bonds is 7. The van der Waals surface area contributed by atoms with Gasteiger partial charge in [0.2, 0.25) is 11.8 Å². The molecule has 114 valence electrons. The Balaban J connectivity index is 2.71. The van der Waals surface area contributed by atoms with Gasteiger partial charge in [0.25, 0.3) is 0 Å². The molecule has 1 heterocycles. The molecule has 0 aliphatic carbocycles. The fourth-order valence-electron chi connectivity index (χ4n) is 2.26. The van der Waals surface area contributed by atoms with Crippen LogP contribution in [0.15, 0.2) is 0 Å². The van der Waals surface area contributed by atoms with E-state index < -0.39 is 16.9 Å². The first-order valence-corrected chi connectivity index (χ1v) is 6.97. The topological polar surface area (TPSA) is 86.7 Å². The number of carbonyl (C=O) groups is 3. The quantitative estimate of drug-likeness (QED) is 0.681. The summed E-state index contributed by atoms with van der Waals surface area (Å²) in [5.41, 5.74) is -1.79. The van der Waals surface area contributed by atoms with E-state index in [1.165, 1.54) is 4.90 Å². The average Bonchev–Trinajstić information content (AvgIpc) is 2.54. The molecule has 2 N–H and O–H groups in total. The molecular weight excluding hydrogens is 260 g/mol. The van der Waals surface area contributed by atoms with Crippen LogP contribution >= 0.6 is 0 Å². The number of nitrogens with one attached hydrogen (secondary N) is 1. The summed E-state index contributed by atoms with van der Waals surface area (Å²) in [4.78, 5) is 36.5. The molecule has 2 amide bonds. The second-order valence-corrected chi connectivity index (χ2v) is 6.23. The van der Waals surface area contributed by atoms with Gasteiger partial charge in [-0.2, -0.15) is 0 Å². The third-order valence-corrected chi connectivity index (χ3v) is 3.79. The van der Waals surface area contributed by atoms with Crippen LogP contribution in [0.3, 0.4) is 0 Å². The van der Waals surface area contributed by atoms with Crippen molar-refractivity contribution in [3.63, 3.8) is 0 Å². The highest BCUT2D eigenvalue weighted by Gasteiger charge is 2.45. The van der Waals surface area contributed by atoms with Crippen LogP contribution in [0.25, 0.3) is 0 Å². The third kappa shape index (κ3) is 3.36. The van der Waals surface area contributed by atoms with E-state index in [-0.39, 0.29) is 31.2 Å². The maximum absolute atomic E-state index is 12.1. The number of carboxylic acids is 1. The number of carboxylic acid groups (broad SMARTS) is 1. The van der Waals surface area contributed by atoms with Gasteiger partial charge < -0.3 is 10.4 Å². The molecule has 1 aliphatic heterocycles. The first kappa shape index (κ1) is 16.6. The van der Waals surface area contributed by atoms with Crippen molar-refractivity contribution in [2.45, 2.75) is 52.5 Å². The maximum Gasteiger partial charge on any atom is 0.323 e. The molecular formula is C14H24N2O4. The van der Waals surface area contributed by atoms with Gasteiger partial charge in [-0.05, 0) is 26.3 Å². The number of aliphatic carboxylic acids is 1. The van der Waals surface area contributed by atoms with Gasteiger partial charge in [0.1, 0.15) is 5.54 Å². The zero-order chi connectivity index (χ0) is 15.6. The number of carbonyl (C=O) groups excluding carboxylic acids is 2. The van der Waals surface area contributed by atoms with Crippen molar-refractivity contribution in [2.75, 3.05) is 13.1 Å². The number of hydrogen-bond acceptors (Lipinski definition) is 4. The predicted octanol–water partition coefficient (Wildman–Crippen LogP) is 1.00. The summed E-state index contributed by atoms with van der Waals surface area (Å²) in [6.07, 6.45) is 1.21. The standard InChI is InChI=1S/C14H24N2O4/c1-5-7-15-14(4,12(19)20)6-8-16-10(17)9-13(2,3)11(16)18/h15H,5-9H2,1-4H3,(H,19,20). The molecule has 0 aromatic heterocycles. The number of imide groups is 1. The fourth-order valence-corrected chi connectivity index (χ4v) is 2.26. The number of likely N-dealkylation sites (tertiary alicyclic amines) is 1. The second kappa shape index (κ2) is 5.91. The zero-order valence-electron chi connectivity index (χ0n) is 12.7. The van der Waals surface area contributed by atoms with E-state index >= 15 is 0 Å². The normalized spacial score (nSPS) is 21.1. The van der Waals surface area contributed by atoms with E-state index in [2.05, 4.69) is 5.32 Å². The Kier molecular flexibility index (Phi) is 4.91. The molecule has 1 unspecified atom stereocenters. The largest absolute Gasteiger partial charge is 0.480 e. The Hall–Kier alpha value is -1.43. The van der Waals surface area contributed by atoms with Crippen molar-refractivity contribution in [3.8, 4) is 0 Å². The van der Waals surface area contributed by atoms with Gasteiger partial charge in [-0.25, -0.2) is 0 Å². The van der Waals surface area contributed by atoms with Gasteiger partial charge in [-0.1, -0.05) is 20.8 Å². The fraction of sp³-hybridized carbons (Fsp3) is 0.786. The molecule has 0 saturated carbocycles. The Bertz CT molecular complexity index is 419. The second-order valence-electron chi connectivity index (χ2n) is 6.23. The van der Waals surface area contributed by atoms with Crippen LogP contribution in [0.1, 0.15) is 47.0 Å². The van der Waals surface area contributed by atoms with E-state index in [1.54, 1.807) is 20.8 Å². The lowest BCUT2D eigenvalue weighted by Crippen LogP contribution is -2.52. The molecule has 1 rings (SSSR count). The Morgan fingerprint density at radius 2 is 2.05 bits per heavy atom. The maximum atomic E-state index is 12.1. The summed E-state index contributed by atoms with van der Waals surface area (Å²) in [6, 6.07) is 0. The van der Waals surface area contributed by atoms with Gasteiger partial charge >= 0.3 is 5.97 Å². The van der Waals surface area contributed by atoms with Crippen molar-refractivity contribution >= 4 is 17.8 Å². The Labute approximate surface area is 119 Å². The van der Waals surface area contributed by atoms with Crippen LogP contribution < -0.4 is 5.32 Å². The lowest BCUT2D eigenvalue weighted by atomic mass is 9.92. The van der Waals surface area contributed by atoms with Crippen molar-refractivity contribution in [3.05, 3.63) is 0 Å². The van der Waals surface area contributed by atoms with Crippen LogP contribution in [0.4, 0.5) is 0 Å². The lowest BCUT2D eigenvalue weighted by molar-refractivity contribution is -0.147. The van der Waals surface area contributed by atoms with Crippen LogP contribution in [0, 0.1) is 5.41 Å². The van der Waals surface area contributed by atoms with Crippen molar-refractivity contribution in [1.29, 1.82) is 0 Å². The van der Waals surface area contributed by atoms with Crippen molar-refractivity contribution < 1.29 is 19.5 Å². The van der Waals surface area contributed by atoms with Gasteiger partial charge in [0.05, 0.1) is 5.41 Å². The van der Waals surface area contributed by atoms with Crippen LogP contribution in [-0.2, 0) is 14.4 Å². The SMILES string of the molecule is CCCNC(C)(CCN1C(=O)CC(C)(C)C1=O)C(=O)O. The molecule has 20 heavy (non-hydrogen) atoms. The minimum Gasteiger partial charge on any atom is -0.480 e. The molecule has 0 aromatic rings. The molecule has 1 saturated heterocycles. The van der Waals surface area contributed by atoms with E-state index in [0.717, 1.165) is 6.42 Å².